The van der Waals surface area contributed by atoms with Crippen molar-refractivity contribution in [3.8, 4) is 28.3 Å². The van der Waals surface area contributed by atoms with E-state index in [-0.39, 0.29) is 23.4 Å². The van der Waals surface area contributed by atoms with E-state index in [4.69, 9.17) is 21.3 Å². The third-order valence-electron chi connectivity index (χ3n) is 7.85. The molecule has 2 atom stereocenters. The first kappa shape index (κ1) is 30.3. The van der Waals surface area contributed by atoms with Crippen LogP contribution < -0.4 is 20.9 Å². The molecule has 5 rings (SSSR count). The zero-order valence-electron chi connectivity index (χ0n) is 24.2. The van der Waals surface area contributed by atoms with Gasteiger partial charge in [-0.2, -0.15) is 5.10 Å². The largest absolute Gasteiger partial charge is 0.481 e. The number of nitrogens with one attached hydrogen (secondary N) is 2. The van der Waals surface area contributed by atoms with Crippen molar-refractivity contribution in [3.05, 3.63) is 92.6 Å². The van der Waals surface area contributed by atoms with Gasteiger partial charge in [0.2, 0.25) is 5.88 Å². The van der Waals surface area contributed by atoms with Gasteiger partial charge in [0, 0.05) is 48.2 Å². The molecule has 9 nitrogen and oxygen atoms in total. The molecule has 0 bridgehead atoms. The molecule has 2 aromatic heterocycles. The minimum atomic E-state index is -0.675. The minimum absolute atomic E-state index is 0.0310. The highest BCUT2D eigenvalue weighted by Gasteiger charge is 2.23. The summed E-state index contributed by atoms with van der Waals surface area (Å²) in [6.07, 6.45) is 4.82. The number of amides is 1. The van der Waals surface area contributed by atoms with Crippen LogP contribution in [0.1, 0.15) is 47.2 Å². The Morgan fingerprint density at radius 3 is 2.67 bits per heavy atom. The molecule has 2 heterocycles. The van der Waals surface area contributed by atoms with Gasteiger partial charge in [-0.3, -0.25) is 9.59 Å². The standard InChI is InChI=1S/C32H33ClFN5O4/c1-18-24(15-20(34)16-27(18)37-30(41)23-13-14-36-39(2)32(23)42)21-7-6-8-22(29(21)33)25-12-11-19(31(38-25)43-3)17-35-26-9-4-5-10-28(26)40/h6-8,11-16,26,28,35,40H,4-5,9-10,17H2,1-3H3,(H,37,41). The zero-order chi connectivity index (χ0) is 30.7. The summed E-state index contributed by atoms with van der Waals surface area (Å²) in [7, 11) is 2.99. The summed E-state index contributed by atoms with van der Waals surface area (Å²) in [4.78, 5) is 30.0. The van der Waals surface area contributed by atoms with Crippen molar-refractivity contribution in [3.63, 3.8) is 0 Å². The lowest BCUT2D eigenvalue weighted by atomic mass is 9.92. The first-order valence-corrected chi connectivity index (χ1v) is 14.4. The number of aliphatic hydroxyl groups excluding tert-OH is 1. The van der Waals surface area contributed by atoms with Gasteiger partial charge in [-0.05, 0) is 55.2 Å². The van der Waals surface area contributed by atoms with Crippen molar-refractivity contribution in [2.45, 2.75) is 51.3 Å². The predicted octanol–water partition coefficient (Wildman–Crippen LogP) is 5.26. The van der Waals surface area contributed by atoms with Crippen LogP contribution in [-0.4, -0.2) is 45.0 Å². The molecule has 0 aliphatic heterocycles. The maximum absolute atomic E-state index is 14.9. The second-order valence-corrected chi connectivity index (χ2v) is 11.0. The summed E-state index contributed by atoms with van der Waals surface area (Å²) in [5, 5.41) is 20.6. The summed E-state index contributed by atoms with van der Waals surface area (Å²) in [5.41, 5.74) is 3.15. The molecule has 0 saturated heterocycles. The number of methoxy groups -OCH3 is 1. The Morgan fingerprint density at radius 2 is 1.91 bits per heavy atom. The van der Waals surface area contributed by atoms with E-state index in [2.05, 4.69) is 15.7 Å². The van der Waals surface area contributed by atoms with Gasteiger partial charge in [-0.1, -0.05) is 48.7 Å². The fourth-order valence-electron chi connectivity index (χ4n) is 5.42. The highest BCUT2D eigenvalue weighted by atomic mass is 35.5. The molecule has 4 aromatic rings. The second kappa shape index (κ2) is 13.0. The van der Waals surface area contributed by atoms with Gasteiger partial charge in [-0.25, -0.2) is 14.1 Å². The normalized spacial score (nSPS) is 16.6. The number of benzene rings is 2. The van der Waals surface area contributed by atoms with Crippen LogP contribution in [0.5, 0.6) is 5.88 Å². The van der Waals surface area contributed by atoms with E-state index in [1.807, 2.05) is 18.2 Å². The summed E-state index contributed by atoms with van der Waals surface area (Å²) in [6, 6.07) is 13.0. The number of halogens is 2. The van der Waals surface area contributed by atoms with Crippen molar-refractivity contribution in [2.24, 2.45) is 7.05 Å². The molecule has 11 heteroatoms. The number of aliphatic hydroxyl groups is 1. The zero-order valence-corrected chi connectivity index (χ0v) is 24.9. The number of hydrogen-bond donors (Lipinski definition) is 3. The van der Waals surface area contributed by atoms with Crippen molar-refractivity contribution in [1.82, 2.24) is 20.1 Å². The summed E-state index contributed by atoms with van der Waals surface area (Å²) in [5.74, 6) is -0.822. The lowest BCUT2D eigenvalue weighted by Crippen LogP contribution is -2.41. The lowest BCUT2D eigenvalue weighted by Gasteiger charge is -2.28. The Kier molecular flexibility index (Phi) is 9.19. The maximum atomic E-state index is 14.9. The molecule has 224 valence electrons. The number of ether oxygens (including phenoxy) is 1. The van der Waals surface area contributed by atoms with Crippen molar-refractivity contribution in [1.29, 1.82) is 0 Å². The fourth-order valence-corrected chi connectivity index (χ4v) is 5.74. The van der Waals surface area contributed by atoms with E-state index < -0.39 is 17.3 Å². The van der Waals surface area contributed by atoms with Crippen molar-refractivity contribution < 1.29 is 19.0 Å². The molecule has 2 aromatic carbocycles. The molecule has 1 saturated carbocycles. The molecule has 0 radical (unpaired) electrons. The Balaban J connectivity index is 1.44. The van der Waals surface area contributed by atoms with E-state index in [0.29, 0.717) is 45.4 Å². The van der Waals surface area contributed by atoms with Gasteiger partial charge < -0.3 is 20.5 Å². The lowest BCUT2D eigenvalue weighted by molar-refractivity contribution is 0.0901. The maximum Gasteiger partial charge on any atom is 0.279 e. The van der Waals surface area contributed by atoms with Gasteiger partial charge >= 0.3 is 0 Å². The number of hydrogen-bond acceptors (Lipinski definition) is 7. The Hall–Kier alpha value is -4.12. The van der Waals surface area contributed by atoms with Crippen LogP contribution in [0.2, 0.25) is 5.02 Å². The van der Waals surface area contributed by atoms with Crippen molar-refractivity contribution in [2.75, 3.05) is 12.4 Å². The molecule has 1 aliphatic carbocycles. The van der Waals surface area contributed by atoms with E-state index in [1.165, 1.54) is 31.4 Å². The van der Waals surface area contributed by atoms with Crippen molar-refractivity contribution >= 4 is 23.2 Å². The Labute approximate surface area is 253 Å². The third kappa shape index (κ3) is 6.46. The average Bonchev–Trinajstić information content (AvgIpc) is 3.00. The number of carbonyl (C=O) groups excluding carboxylic acids is 1. The number of aromatic nitrogens is 3. The van der Waals surface area contributed by atoms with Crippen LogP contribution in [0, 0.1) is 12.7 Å². The number of pyridine rings is 1. The van der Waals surface area contributed by atoms with E-state index in [9.17, 15) is 19.1 Å². The van der Waals surface area contributed by atoms with Crippen LogP contribution in [0.3, 0.4) is 0 Å². The molecule has 2 unspecified atom stereocenters. The van der Waals surface area contributed by atoms with Gasteiger partial charge in [0.25, 0.3) is 11.5 Å². The van der Waals surface area contributed by atoms with E-state index in [1.54, 1.807) is 26.2 Å². The molecular weight excluding hydrogens is 573 g/mol. The number of nitrogens with zero attached hydrogens (tertiary/aromatic N) is 3. The first-order chi connectivity index (χ1) is 20.7. The SMILES string of the molecule is COc1nc(-c2cccc(-c3cc(F)cc(NC(=O)c4ccnn(C)c4=O)c3C)c2Cl)ccc1CNC1CCCCC1O. The van der Waals surface area contributed by atoms with Gasteiger partial charge in [0.15, 0.2) is 0 Å². The summed E-state index contributed by atoms with van der Waals surface area (Å²) < 4.78 is 21.5. The number of aryl methyl sites for hydroxylation is 1. The quantitative estimate of drug-likeness (QED) is 0.251. The molecule has 1 fully saturated rings. The third-order valence-corrected chi connectivity index (χ3v) is 8.26. The Morgan fingerprint density at radius 1 is 1.14 bits per heavy atom. The molecule has 43 heavy (non-hydrogen) atoms. The van der Waals surface area contributed by atoms with Crippen LogP contribution >= 0.6 is 11.6 Å². The fraction of sp³-hybridized carbons (Fsp3) is 0.312. The van der Waals surface area contributed by atoms with Gasteiger partial charge in [0.1, 0.15) is 11.4 Å². The Bertz CT molecular complexity index is 1730. The van der Waals surface area contributed by atoms with Crippen LogP contribution in [0.25, 0.3) is 22.4 Å². The average molecular weight is 606 g/mol. The highest BCUT2D eigenvalue weighted by molar-refractivity contribution is 6.36. The second-order valence-electron chi connectivity index (χ2n) is 10.6. The van der Waals surface area contributed by atoms with Gasteiger partial charge in [0.05, 0.1) is 23.9 Å². The number of carbonyl (C=O) groups is 1. The number of rotatable bonds is 8. The molecular formula is C32H33ClFN5O4. The minimum Gasteiger partial charge on any atom is -0.481 e. The molecule has 3 N–H and O–H groups in total. The topological polar surface area (TPSA) is 118 Å². The smallest absolute Gasteiger partial charge is 0.279 e. The van der Waals surface area contributed by atoms with Crippen LogP contribution in [0.15, 0.2) is 59.5 Å². The summed E-state index contributed by atoms with van der Waals surface area (Å²) >= 11 is 6.93. The molecule has 1 aliphatic rings. The summed E-state index contributed by atoms with van der Waals surface area (Å²) in [6.45, 7) is 2.24. The first-order valence-electron chi connectivity index (χ1n) is 14.1. The monoisotopic (exact) mass is 605 g/mol. The van der Waals surface area contributed by atoms with E-state index >= 15 is 0 Å². The highest BCUT2D eigenvalue weighted by Crippen LogP contribution is 2.40. The molecule has 0 spiro atoms. The molecule has 1 amide bonds. The van der Waals surface area contributed by atoms with Crippen LogP contribution in [-0.2, 0) is 13.6 Å². The van der Waals surface area contributed by atoms with E-state index in [0.717, 1.165) is 35.9 Å². The van der Waals surface area contributed by atoms with Crippen LogP contribution in [0.4, 0.5) is 10.1 Å². The predicted molar refractivity (Wildman–Crippen MR) is 164 cm³/mol. The number of anilines is 1. The van der Waals surface area contributed by atoms with Gasteiger partial charge in [-0.15, -0.1) is 0 Å².